The first-order chi connectivity index (χ1) is 46.9. The van der Waals surface area contributed by atoms with Crippen molar-refractivity contribution >= 4 is 82.9 Å². The first-order valence-corrected chi connectivity index (χ1v) is 34.5. The van der Waals surface area contributed by atoms with Gasteiger partial charge in [0.25, 0.3) is 0 Å². The highest BCUT2D eigenvalue weighted by atomic mass is 16.3. The first kappa shape index (κ1) is 55.4. The summed E-state index contributed by atoms with van der Waals surface area (Å²) in [5, 5.41) is 7.05. The van der Waals surface area contributed by atoms with E-state index in [9.17, 15) is 0 Å². The number of rotatable bonds is 5. The summed E-state index contributed by atoms with van der Waals surface area (Å²) in [7, 11) is 0. The third-order valence-electron chi connectivity index (χ3n) is 24.2. The minimum absolute atomic E-state index is 0.223. The molecule has 0 radical (unpaired) electrons. The standard InChI is InChI=1S/C93H69NO3/c1-89(2)67-42-43-77-80(60-29-17-21-33-74(60)95-77)79(67)65-49-71-63(47-72(65)89)56-39-36-51(44-68(56)90(71,3)4)94(53-38-41-59-70(46-53)93(9,10)85-81(59)83-62-31-19-23-35-76(62)97-88(83)84-57-28-16-20-32-66(57)92(7,8)86(84)85)52-37-40-58-69(45-52)91(5,6)73-48-64(55-27-15-14-26-54(55)50-24-12-11-13-25-50)87-82(78(58)73)61-30-18-22-34-75(61)96-87/h11-49H,1-10H3. The Morgan fingerprint density at radius 1 is 0.237 bits per heavy atom. The van der Waals surface area contributed by atoms with E-state index in [4.69, 9.17) is 13.3 Å². The molecule has 0 N–H and O–H groups in total. The van der Waals surface area contributed by atoms with Gasteiger partial charge in [0.15, 0.2) is 0 Å². The predicted molar refractivity (Wildman–Crippen MR) is 402 cm³/mol. The predicted octanol–water partition coefficient (Wildman–Crippen LogP) is 25.7. The Labute approximate surface area is 564 Å². The summed E-state index contributed by atoms with van der Waals surface area (Å²) in [4.78, 5) is 2.58. The Hall–Kier alpha value is -10.9. The fourth-order valence-electron chi connectivity index (χ4n) is 19.5. The van der Waals surface area contributed by atoms with Crippen LogP contribution in [0.25, 0.3) is 144 Å². The molecule has 21 rings (SSSR count). The molecule has 0 fully saturated rings. The Kier molecular flexibility index (Phi) is 10.5. The van der Waals surface area contributed by atoms with E-state index < -0.39 is 10.8 Å². The summed E-state index contributed by atoms with van der Waals surface area (Å²) >= 11 is 0. The molecule has 464 valence electrons. The van der Waals surface area contributed by atoms with Gasteiger partial charge in [0, 0.05) is 87.6 Å². The van der Waals surface area contributed by atoms with Gasteiger partial charge in [-0.05, 0) is 201 Å². The van der Waals surface area contributed by atoms with Crippen LogP contribution in [0.3, 0.4) is 0 Å². The number of anilines is 3. The molecule has 5 aliphatic carbocycles. The molecule has 0 amide bonds. The van der Waals surface area contributed by atoms with Crippen LogP contribution >= 0.6 is 0 Å². The van der Waals surface area contributed by atoms with Crippen molar-refractivity contribution in [3.63, 3.8) is 0 Å². The van der Waals surface area contributed by atoms with Gasteiger partial charge in [-0.3, -0.25) is 0 Å². The zero-order chi connectivity index (χ0) is 65.3. The van der Waals surface area contributed by atoms with Crippen LogP contribution in [0, 0.1) is 0 Å². The number of hydrogen-bond donors (Lipinski definition) is 0. The van der Waals surface area contributed by atoms with E-state index in [0.717, 1.165) is 72.5 Å². The van der Waals surface area contributed by atoms with E-state index >= 15 is 0 Å². The molecular weight excluding hydrogens is 1180 g/mol. The maximum Gasteiger partial charge on any atom is 0.144 e. The van der Waals surface area contributed by atoms with Crippen molar-refractivity contribution in [1.82, 2.24) is 0 Å². The zero-order valence-corrected chi connectivity index (χ0v) is 56.2. The molecule has 4 nitrogen and oxygen atoms in total. The normalized spacial score (nSPS) is 16.1. The van der Waals surface area contributed by atoms with Gasteiger partial charge < -0.3 is 18.2 Å². The van der Waals surface area contributed by atoms with Crippen molar-refractivity contribution < 1.29 is 13.3 Å². The fraction of sp³-hybridized carbons (Fsp3) is 0.161. The van der Waals surface area contributed by atoms with Crippen LogP contribution in [0.5, 0.6) is 0 Å². The number of furan rings is 3. The van der Waals surface area contributed by atoms with Crippen LogP contribution in [0.1, 0.15) is 125 Å². The largest absolute Gasteiger partial charge is 0.456 e. The molecule has 0 saturated heterocycles. The highest BCUT2D eigenvalue weighted by molar-refractivity contribution is 6.22. The van der Waals surface area contributed by atoms with E-state index in [0.29, 0.717) is 0 Å². The molecule has 3 heterocycles. The average Bonchev–Trinajstić information content (AvgIpc) is 1.52. The lowest BCUT2D eigenvalue weighted by Gasteiger charge is -2.32. The van der Waals surface area contributed by atoms with Crippen LogP contribution in [-0.4, -0.2) is 0 Å². The van der Waals surface area contributed by atoms with E-state index in [1.54, 1.807) is 0 Å². The minimum Gasteiger partial charge on any atom is -0.456 e. The Morgan fingerprint density at radius 3 is 1.35 bits per heavy atom. The number of benzene rings is 13. The van der Waals surface area contributed by atoms with E-state index in [-0.39, 0.29) is 16.2 Å². The Balaban J connectivity index is 0.781. The average molecular weight is 1250 g/mol. The second-order valence-electron chi connectivity index (χ2n) is 31.0. The van der Waals surface area contributed by atoms with Crippen LogP contribution in [-0.2, 0) is 27.1 Å². The molecule has 97 heavy (non-hydrogen) atoms. The number of fused-ring (bicyclic) bond motifs is 29. The van der Waals surface area contributed by atoms with Crippen molar-refractivity contribution in [2.75, 3.05) is 4.90 Å². The molecule has 0 bridgehead atoms. The smallest absolute Gasteiger partial charge is 0.144 e. The molecule has 3 aromatic heterocycles. The van der Waals surface area contributed by atoms with Gasteiger partial charge in [-0.1, -0.05) is 227 Å². The molecule has 0 saturated carbocycles. The summed E-state index contributed by atoms with van der Waals surface area (Å²) in [5.41, 5.74) is 38.1. The van der Waals surface area contributed by atoms with Gasteiger partial charge in [-0.2, -0.15) is 0 Å². The van der Waals surface area contributed by atoms with Gasteiger partial charge in [0.1, 0.15) is 33.5 Å². The molecule has 16 aromatic rings. The molecule has 0 spiro atoms. The summed E-state index contributed by atoms with van der Waals surface area (Å²) in [6, 6.07) is 88.8. The summed E-state index contributed by atoms with van der Waals surface area (Å²) in [6.45, 7) is 24.4. The molecular formula is C93H69NO3. The lowest BCUT2D eigenvalue weighted by molar-refractivity contribution is 0.600. The van der Waals surface area contributed by atoms with E-state index in [1.807, 2.05) is 0 Å². The topological polar surface area (TPSA) is 42.7 Å². The monoisotopic (exact) mass is 1250 g/mol. The summed E-state index contributed by atoms with van der Waals surface area (Å²) < 4.78 is 20.8. The second-order valence-corrected chi connectivity index (χ2v) is 31.0. The molecule has 0 aliphatic heterocycles. The van der Waals surface area contributed by atoms with Crippen LogP contribution in [0.2, 0.25) is 0 Å². The molecule has 5 aliphatic rings. The lowest BCUT2D eigenvalue weighted by Crippen LogP contribution is -2.24. The highest BCUT2D eigenvalue weighted by Gasteiger charge is 2.50. The van der Waals surface area contributed by atoms with Gasteiger partial charge in [-0.25, -0.2) is 0 Å². The Bertz CT molecular complexity index is 6290. The van der Waals surface area contributed by atoms with E-state index in [2.05, 4.69) is 311 Å². The fourth-order valence-corrected chi connectivity index (χ4v) is 19.5. The van der Waals surface area contributed by atoms with Crippen LogP contribution < -0.4 is 4.90 Å². The molecule has 0 unspecified atom stereocenters. The zero-order valence-electron chi connectivity index (χ0n) is 56.2. The second kappa shape index (κ2) is 18.3. The number of para-hydroxylation sites is 3. The van der Waals surface area contributed by atoms with Crippen LogP contribution in [0.15, 0.2) is 250 Å². The maximum atomic E-state index is 7.14. The first-order valence-electron chi connectivity index (χ1n) is 34.5. The van der Waals surface area contributed by atoms with E-state index in [1.165, 1.54) is 144 Å². The third kappa shape index (κ3) is 6.88. The number of nitrogens with zero attached hydrogens (tertiary/aromatic N) is 1. The summed E-state index contributed by atoms with van der Waals surface area (Å²) in [6.07, 6.45) is 0. The van der Waals surface area contributed by atoms with Crippen molar-refractivity contribution in [3.05, 3.63) is 292 Å². The van der Waals surface area contributed by atoms with Crippen molar-refractivity contribution in [2.45, 2.75) is 96.3 Å². The maximum absolute atomic E-state index is 7.14. The van der Waals surface area contributed by atoms with Crippen molar-refractivity contribution in [3.8, 4) is 77.9 Å². The molecule has 13 aromatic carbocycles. The van der Waals surface area contributed by atoms with Crippen molar-refractivity contribution in [2.24, 2.45) is 0 Å². The van der Waals surface area contributed by atoms with Crippen molar-refractivity contribution in [1.29, 1.82) is 0 Å². The van der Waals surface area contributed by atoms with Crippen LogP contribution in [0.4, 0.5) is 17.1 Å². The van der Waals surface area contributed by atoms with Gasteiger partial charge in [0.2, 0.25) is 0 Å². The summed E-state index contributed by atoms with van der Waals surface area (Å²) in [5.74, 6) is 0. The highest BCUT2D eigenvalue weighted by Crippen LogP contribution is 2.66. The lowest BCUT2D eigenvalue weighted by atomic mass is 9.72. The SMILES string of the molecule is CC1(C)c2cc(N(c3ccc4c(c3)C(C)(C)c3cc(-c5ccccc5-c5ccccc5)c5oc6ccccc6c5c3-4)c3ccc4c(c3)C(C)(C)c3c5c(c6oc7ccccc7c6c3-4)-c3ccccc3C5(C)C)ccc2-c2cc3c(cc21)-c1c(ccc2oc4ccccc4c12)C3(C)C. The molecule has 0 atom stereocenters. The minimum atomic E-state index is -0.414. The molecule has 4 heteroatoms. The Morgan fingerprint density at radius 2 is 0.670 bits per heavy atom. The van der Waals surface area contributed by atoms with Gasteiger partial charge in [0.05, 0.1) is 0 Å². The number of hydrogen-bond acceptors (Lipinski definition) is 4. The third-order valence-corrected chi connectivity index (χ3v) is 24.2. The van der Waals surface area contributed by atoms with Gasteiger partial charge >= 0.3 is 0 Å². The quantitative estimate of drug-likeness (QED) is 0.172. The van der Waals surface area contributed by atoms with Gasteiger partial charge in [-0.15, -0.1) is 0 Å².